The highest BCUT2D eigenvalue weighted by molar-refractivity contribution is 6.04. The molecule has 33 heavy (non-hydrogen) atoms. The number of carbonyl (C=O) groups excluding carboxylic acids is 2. The van der Waals surface area contributed by atoms with E-state index in [-0.39, 0.29) is 17.5 Å². The number of likely N-dealkylation sites (tertiary alicyclic amines) is 1. The van der Waals surface area contributed by atoms with E-state index in [1.54, 1.807) is 67.1 Å². The number of amides is 2. The van der Waals surface area contributed by atoms with Gasteiger partial charge in [-0.15, -0.1) is 0 Å². The van der Waals surface area contributed by atoms with Gasteiger partial charge in [0.05, 0.1) is 11.5 Å². The highest BCUT2D eigenvalue weighted by atomic mass is 16.6. The van der Waals surface area contributed by atoms with Crippen molar-refractivity contribution in [1.29, 1.82) is 0 Å². The zero-order valence-electron chi connectivity index (χ0n) is 18.6. The minimum atomic E-state index is -0.420. The Morgan fingerprint density at radius 2 is 1.61 bits per heavy atom. The van der Waals surface area contributed by atoms with Crippen molar-refractivity contribution in [1.82, 2.24) is 14.7 Å². The van der Waals surface area contributed by atoms with E-state index in [0.29, 0.717) is 34.7 Å². The summed E-state index contributed by atoms with van der Waals surface area (Å²) < 4.78 is 1.59. The minimum Gasteiger partial charge on any atom is -0.339 e. The summed E-state index contributed by atoms with van der Waals surface area (Å²) in [5, 5.41) is 18.3. The van der Waals surface area contributed by atoms with Crippen molar-refractivity contribution in [3.63, 3.8) is 0 Å². The molecule has 9 heteroatoms. The van der Waals surface area contributed by atoms with E-state index < -0.39 is 4.92 Å². The summed E-state index contributed by atoms with van der Waals surface area (Å²) in [6.07, 6.45) is 2.08. The van der Waals surface area contributed by atoms with E-state index >= 15 is 0 Å². The molecule has 0 atom stereocenters. The number of anilines is 1. The second-order valence-corrected chi connectivity index (χ2v) is 8.16. The van der Waals surface area contributed by atoms with Gasteiger partial charge in [-0.1, -0.05) is 12.1 Å². The van der Waals surface area contributed by atoms with Crippen LogP contribution in [0.3, 0.4) is 0 Å². The molecule has 0 unspecified atom stereocenters. The molecule has 1 aromatic heterocycles. The molecule has 1 saturated heterocycles. The van der Waals surface area contributed by atoms with Crippen LogP contribution in [0.5, 0.6) is 0 Å². The van der Waals surface area contributed by atoms with Crippen LogP contribution in [0.2, 0.25) is 0 Å². The fourth-order valence-corrected chi connectivity index (χ4v) is 4.04. The average Bonchev–Trinajstić information content (AvgIpc) is 3.42. The van der Waals surface area contributed by atoms with Crippen LogP contribution >= 0.6 is 0 Å². The summed E-state index contributed by atoms with van der Waals surface area (Å²) in [6.45, 7) is 5.25. The predicted octanol–water partition coefficient (Wildman–Crippen LogP) is 3.94. The Labute approximate surface area is 191 Å². The van der Waals surface area contributed by atoms with Crippen LogP contribution in [0.15, 0.2) is 48.5 Å². The van der Waals surface area contributed by atoms with Gasteiger partial charge < -0.3 is 10.2 Å². The first-order valence-electron chi connectivity index (χ1n) is 10.8. The zero-order valence-corrected chi connectivity index (χ0v) is 18.6. The number of aryl methyl sites for hydroxylation is 1. The quantitative estimate of drug-likeness (QED) is 0.454. The first-order chi connectivity index (χ1) is 15.8. The topological polar surface area (TPSA) is 110 Å². The molecule has 9 nitrogen and oxygen atoms in total. The van der Waals surface area contributed by atoms with Gasteiger partial charge >= 0.3 is 5.69 Å². The Morgan fingerprint density at radius 1 is 1.00 bits per heavy atom. The number of benzene rings is 2. The van der Waals surface area contributed by atoms with Gasteiger partial charge in [0.25, 0.3) is 11.8 Å². The summed E-state index contributed by atoms with van der Waals surface area (Å²) in [5.41, 5.74) is 3.47. The largest absolute Gasteiger partial charge is 0.339 e. The number of nitro groups is 1. The first-order valence-corrected chi connectivity index (χ1v) is 10.8. The third kappa shape index (κ3) is 4.77. The normalized spacial score (nSPS) is 13.2. The smallest absolute Gasteiger partial charge is 0.312 e. The average molecular weight is 447 g/mol. The van der Waals surface area contributed by atoms with Gasteiger partial charge in [-0.2, -0.15) is 5.10 Å². The molecule has 0 radical (unpaired) electrons. The lowest BCUT2D eigenvalue weighted by molar-refractivity contribution is -0.386. The molecular formula is C24H25N5O4. The van der Waals surface area contributed by atoms with Crippen LogP contribution < -0.4 is 5.32 Å². The fourth-order valence-electron chi connectivity index (χ4n) is 4.04. The lowest BCUT2D eigenvalue weighted by Gasteiger charge is -2.15. The fraction of sp³-hybridized carbons (Fsp3) is 0.292. The van der Waals surface area contributed by atoms with E-state index in [1.807, 2.05) is 4.90 Å². The molecule has 3 aromatic rings. The molecule has 170 valence electrons. The Kier molecular flexibility index (Phi) is 6.21. The lowest BCUT2D eigenvalue weighted by atomic mass is 10.1. The SMILES string of the molecule is Cc1nn(Cc2ccc(C(=O)Nc3ccc(C(=O)N4CCCC4)cc3)cc2)c(C)c1[N+](=O)[O-]. The van der Waals surface area contributed by atoms with Gasteiger partial charge in [0, 0.05) is 29.9 Å². The highest BCUT2D eigenvalue weighted by Crippen LogP contribution is 2.23. The summed E-state index contributed by atoms with van der Waals surface area (Å²) in [6, 6.07) is 13.9. The summed E-state index contributed by atoms with van der Waals surface area (Å²) in [7, 11) is 0. The number of nitrogens with zero attached hydrogens (tertiary/aromatic N) is 4. The molecule has 0 saturated carbocycles. The van der Waals surface area contributed by atoms with Gasteiger partial charge in [-0.05, 0) is 68.7 Å². The van der Waals surface area contributed by atoms with Crippen molar-refractivity contribution >= 4 is 23.2 Å². The van der Waals surface area contributed by atoms with Crippen molar-refractivity contribution in [2.45, 2.75) is 33.2 Å². The van der Waals surface area contributed by atoms with Crippen LogP contribution in [-0.2, 0) is 6.54 Å². The van der Waals surface area contributed by atoms with E-state index in [4.69, 9.17) is 0 Å². The number of carbonyl (C=O) groups is 2. The summed E-state index contributed by atoms with van der Waals surface area (Å²) in [5.74, 6) is -0.240. The van der Waals surface area contributed by atoms with Gasteiger partial charge in [0.1, 0.15) is 11.4 Å². The number of aromatic nitrogens is 2. The monoisotopic (exact) mass is 447 g/mol. The molecule has 1 fully saturated rings. The molecule has 1 aliphatic heterocycles. The van der Waals surface area contributed by atoms with Gasteiger partial charge in [-0.25, -0.2) is 0 Å². The lowest BCUT2D eigenvalue weighted by Crippen LogP contribution is -2.27. The molecule has 2 amide bonds. The second-order valence-electron chi connectivity index (χ2n) is 8.16. The van der Waals surface area contributed by atoms with Gasteiger partial charge in [0.2, 0.25) is 0 Å². The maximum absolute atomic E-state index is 12.6. The number of nitrogens with one attached hydrogen (secondary N) is 1. The summed E-state index contributed by atoms with van der Waals surface area (Å²) in [4.78, 5) is 37.7. The molecule has 0 aliphatic carbocycles. The van der Waals surface area contributed by atoms with Crippen molar-refractivity contribution in [2.75, 3.05) is 18.4 Å². The molecule has 1 N–H and O–H groups in total. The Bertz CT molecular complexity index is 1190. The van der Waals surface area contributed by atoms with Crippen molar-refractivity contribution in [3.05, 3.63) is 86.7 Å². The molecular weight excluding hydrogens is 422 g/mol. The van der Waals surface area contributed by atoms with Crippen LogP contribution in [0.4, 0.5) is 11.4 Å². The standard InChI is InChI=1S/C24H25N5O4/c1-16-22(29(32)33)17(2)28(26-16)15-18-5-7-19(8-6-18)23(30)25-21-11-9-20(10-12-21)24(31)27-13-3-4-14-27/h5-12H,3-4,13-15H2,1-2H3,(H,25,30). The van der Waals surface area contributed by atoms with Crippen molar-refractivity contribution < 1.29 is 14.5 Å². The third-order valence-corrected chi connectivity index (χ3v) is 5.86. The zero-order chi connectivity index (χ0) is 23.5. The molecule has 2 heterocycles. The van der Waals surface area contributed by atoms with Crippen molar-refractivity contribution in [2.24, 2.45) is 0 Å². The molecule has 1 aliphatic rings. The maximum Gasteiger partial charge on any atom is 0.312 e. The van der Waals surface area contributed by atoms with Gasteiger partial charge in [0.15, 0.2) is 0 Å². The minimum absolute atomic E-state index is 0.0221. The number of hydrogen-bond donors (Lipinski definition) is 1. The molecule has 0 spiro atoms. The Balaban J connectivity index is 1.39. The Morgan fingerprint density at radius 3 is 2.18 bits per heavy atom. The number of rotatable bonds is 6. The van der Waals surface area contributed by atoms with E-state index in [0.717, 1.165) is 31.5 Å². The number of hydrogen-bond acceptors (Lipinski definition) is 5. The van der Waals surface area contributed by atoms with E-state index in [1.165, 1.54) is 0 Å². The molecule has 0 bridgehead atoms. The van der Waals surface area contributed by atoms with E-state index in [9.17, 15) is 19.7 Å². The summed E-state index contributed by atoms with van der Waals surface area (Å²) >= 11 is 0. The highest BCUT2D eigenvalue weighted by Gasteiger charge is 2.22. The Hall–Kier alpha value is -4.01. The maximum atomic E-state index is 12.6. The molecule has 4 rings (SSSR count). The van der Waals surface area contributed by atoms with Crippen LogP contribution in [0.1, 0.15) is 50.5 Å². The van der Waals surface area contributed by atoms with Crippen LogP contribution in [-0.4, -0.2) is 44.5 Å². The van der Waals surface area contributed by atoms with E-state index in [2.05, 4.69) is 10.4 Å². The predicted molar refractivity (Wildman–Crippen MR) is 123 cm³/mol. The first kappa shape index (κ1) is 22.2. The van der Waals surface area contributed by atoms with Crippen LogP contribution in [0, 0.1) is 24.0 Å². The third-order valence-electron chi connectivity index (χ3n) is 5.86. The molecule has 2 aromatic carbocycles. The van der Waals surface area contributed by atoms with Crippen LogP contribution in [0.25, 0.3) is 0 Å². The van der Waals surface area contributed by atoms with Gasteiger partial charge in [-0.3, -0.25) is 24.4 Å². The van der Waals surface area contributed by atoms with Crippen molar-refractivity contribution in [3.8, 4) is 0 Å². The second kappa shape index (κ2) is 9.23.